The fourth-order valence-corrected chi connectivity index (χ4v) is 6.89. The van der Waals surface area contributed by atoms with E-state index in [1.165, 1.54) is 0 Å². The molecule has 1 unspecified atom stereocenters. The molecule has 3 atom stereocenters. The maximum Gasteiger partial charge on any atom is 0.243 e. The molecule has 3 aliphatic rings. The normalized spacial score (nSPS) is 29.9. The van der Waals surface area contributed by atoms with Gasteiger partial charge in [0, 0.05) is 32.3 Å². The Morgan fingerprint density at radius 1 is 1.11 bits per heavy atom. The molecule has 2 saturated heterocycles. The van der Waals surface area contributed by atoms with E-state index in [0.717, 1.165) is 62.5 Å². The minimum Gasteiger partial charge on any atom is -0.381 e. The summed E-state index contributed by atoms with van der Waals surface area (Å²) in [4.78, 5) is 0.474. The summed E-state index contributed by atoms with van der Waals surface area (Å²) in [6.45, 7) is 8.12. The van der Waals surface area contributed by atoms with Crippen molar-refractivity contribution < 1.29 is 13.2 Å². The molecule has 5 nitrogen and oxygen atoms in total. The van der Waals surface area contributed by atoms with Crippen molar-refractivity contribution in [3.63, 3.8) is 0 Å². The van der Waals surface area contributed by atoms with Crippen molar-refractivity contribution in [2.24, 2.45) is 17.8 Å². The molecule has 6 heteroatoms. The van der Waals surface area contributed by atoms with Crippen LogP contribution in [0.1, 0.15) is 36.8 Å². The minimum absolute atomic E-state index is 0.474. The molecule has 1 aromatic rings. The van der Waals surface area contributed by atoms with Crippen molar-refractivity contribution in [3.8, 4) is 0 Å². The third-order valence-corrected chi connectivity index (χ3v) is 8.69. The first-order valence-corrected chi connectivity index (χ1v) is 11.8. The van der Waals surface area contributed by atoms with Gasteiger partial charge in [0.05, 0.1) is 4.90 Å². The van der Waals surface area contributed by atoms with Crippen LogP contribution in [0.4, 0.5) is 0 Å². The van der Waals surface area contributed by atoms with E-state index >= 15 is 0 Å². The molecule has 0 amide bonds. The fraction of sp³-hybridized carbons (Fsp3) is 0.714. The molecule has 1 aromatic carbocycles. The molecule has 2 heterocycles. The lowest BCUT2D eigenvalue weighted by atomic mass is 10.00. The first-order valence-electron chi connectivity index (χ1n) is 10.3. The summed E-state index contributed by atoms with van der Waals surface area (Å²) in [6.07, 6.45) is 4.53. The van der Waals surface area contributed by atoms with Gasteiger partial charge in [0.25, 0.3) is 0 Å². The smallest absolute Gasteiger partial charge is 0.243 e. The van der Waals surface area contributed by atoms with Crippen molar-refractivity contribution in [1.82, 2.24) is 9.62 Å². The van der Waals surface area contributed by atoms with Crippen LogP contribution in [0.25, 0.3) is 0 Å². The number of sulfonamides is 1. The summed E-state index contributed by atoms with van der Waals surface area (Å²) >= 11 is 0. The van der Waals surface area contributed by atoms with Crippen molar-refractivity contribution in [2.45, 2.75) is 50.5 Å². The average Bonchev–Trinajstić information content (AvgIpc) is 3.19. The molecule has 4 rings (SSSR count). The number of nitrogens with one attached hydrogen (secondary N) is 1. The number of aryl methyl sites for hydroxylation is 2. The second-order valence-electron chi connectivity index (χ2n) is 8.74. The predicted octanol–water partition coefficient (Wildman–Crippen LogP) is 2.72. The zero-order valence-corrected chi connectivity index (χ0v) is 17.3. The van der Waals surface area contributed by atoms with Crippen molar-refractivity contribution >= 4 is 10.0 Å². The van der Waals surface area contributed by atoms with Crippen LogP contribution in [0.15, 0.2) is 23.1 Å². The maximum atomic E-state index is 13.1. The zero-order chi connectivity index (χ0) is 19.0. The maximum absolute atomic E-state index is 13.1. The SMILES string of the molecule is Cc1ccc(S(=O)(=O)N2C[C@H]3CC(NCC4CCOCC4)C[C@H]3C2)c(C)c1. The van der Waals surface area contributed by atoms with Gasteiger partial charge in [-0.2, -0.15) is 4.31 Å². The molecule has 150 valence electrons. The highest BCUT2D eigenvalue weighted by atomic mass is 32.2. The molecule has 1 aliphatic carbocycles. The monoisotopic (exact) mass is 392 g/mol. The molecule has 1 saturated carbocycles. The van der Waals surface area contributed by atoms with Crippen LogP contribution in [-0.4, -0.2) is 51.6 Å². The third-order valence-electron chi connectivity index (χ3n) is 6.70. The Morgan fingerprint density at radius 3 is 2.41 bits per heavy atom. The van der Waals surface area contributed by atoms with E-state index in [9.17, 15) is 8.42 Å². The molecular formula is C21H32N2O3S. The Labute approximate surface area is 163 Å². The number of ether oxygens (including phenoxy) is 1. The number of benzene rings is 1. The molecule has 0 spiro atoms. The van der Waals surface area contributed by atoms with E-state index in [2.05, 4.69) is 5.32 Å². The van der Waals surface area contributed by atoms with Crippen LogP contribution < -0.4 is 5.32 Å². The molecule has 3 fully saturated rings. The first-order chi connectivity index (χ1) is 12.9. The molecule has 27 heavy (non-hydrogen) atoms. The van der Waals surface area contributed by atoms with Crippen LogP contribution in [0.5, 0.6) is 0 Å². The summed E-state index contributed by atoms with van der Waals surface area (Å²) < 4.78 is 33.4. The minimum atomic E-state index is -3.38. The van der Waals surface area contributed by atoms with Gasteiger partial charge in [0.15, 0.2) is 0 Å². The third kappa shape index (κ3) is 4.09. The Bertz CT molecular complexity index is 760. The summed E-state index contributed by atoms with van der Waals surface area (Å²) in [5.41, 5.74) is 1.95. The fourth-order valence-electron chi connectivity index (χ4n) is 5.13. The summed E-state index contributed by atoms with van der Waals surface area (Å²) in [5.74, 6) is 1.73. The molecule has 0 aromatic heterocycles. The van der Waals surface area contributed by atoms with E-state index in [0.29, 0.717) is 35.9 Å². The van der Waals surface area contributed by atoms with Gasteiger partial charge in [-0.1, -0.05) is 17.7 Å². The predicted molar refractivity (Wildman–Crippen MR) is 106 cm³/mol. The van der Waals surface area contributed by atoms with Crippen molar-refractivity contribution in [3.05, 3.63) is 29.3 Å². The van der Waals surface area contributed by atoms with Crippen molar-refractivity contribution in [1.29, 1.82) is 0 Å². The van der Waals surface area contributed by atoms with E-state index in [-0.39, 0.29) is 0 Å². The molecular weight excluding hydrogens is 360 g/mol. The van der Waals surface area contributed by atoms with Crippen LogP contribution in [0.2, 0.25) is 0 Å². The zero-order valence-electron chi connectivity index (χ0n) is 16.5. The Morgan fingerprint density at radius 2 is 1.78 bits per heavy atom. The molecule has 1 N–H and O–H groups in total. The summed E-state index contributed by atoms with van der Waals surface area (Å²) in [7, 11) is -3.38. The Hall–Kier alpha value is -0.950. The van der Waals surface area contributed by atoms with Crippen LogP contribution in [-0.2, 0) is 14.8 Å². The van der Waals surface area contributed by atoms with E-state index in [1.54, 1.807) is 10.4 Å². The molecule has 0 radical (unpaired) electrons. The van der Waals surface area contributed by atoms with Gasteiger partial charge in [0.1, 0.15) is 0 Å². The standard InChI is InChI=1S/C21H32N2O3S/c1-15-3-4-21(16(2)9-15)27(24,25)23-13-18-10-20(11-19(18)14-23)22-12-17-5-7-26-8-6-17/h3-4,9,17-20,22H,5-8,10-14H2,1-2H3/t18-,19+,20?. The van der Waals surface area contributed by atoms with E-state index < -0.39 is 10.0 Å². The topological polar surface area (TPSA) is 58.6 Å². The summed E-state index contributed by atoms with van der Waals surface area (Å²) in [6, 6.07) is 6.17. The number of hydrogen-bond acceptors (Lipinski definition) is 4. The first kappa shape index (κ1) is 19.4. The number of nitrogens with zero attached hydrogens (tertiary/aromatic N) is 1. The van der Waals surface area contributed by atoms with Gasteiger partial charge in [0.2, 0.25) is 10.0 Å². The second kappa shape index (κ2) is 7.82. The van der Waals surface area contributed by atoms with Gasteiger partial charge < -0.3 is 10.1 Å². The number of rotatable bonds is 5. The van der Waals surface area contributed by atoms with Gasteiger partial charge in [-0.3, -0.25) is 0 Å². The molecule has 2 aliphatic heterocycles. The molecule has 0 bridgehead atoms. The van der Waals surface area contributed by atoms with Crippen LogP contribution >= 0.6 is 0 Å². The highest BCUT2D eigenvalue weighted by Gasteiger charge is 2.45. The quantitative estimate of drug-likeness (QED) is 0.837. The highest BCUT2D eigenvalue weighted by molar-refractivity contribution is 7.89. The highest BCUT2D eigenvalue weighted by Crippen LogP contribution is 2.40. The number of fused-ring (bicyclic) bond motifs is 1. The Kier molecular flexibility index (Phi) is 5.61. The van der Waals surface area contributed by atoms with E-state index in [1.807, 2.05) is 26.0 Å². The second-order valence-corrected chi connectivity index (χ2v) is 10.6. The van der Waals surface area contributed by atoms with Crippen molar-refractivity contribution in [2.75, 3.05) is 32.8 Å². The van der Waals surface area contributed by atoms with Gasteiger partial charge in [-0.25, -0.2) is 8.42 Å². The summed E-state index contributed by atoms with van der Waals surface area (Å²) in [5, 5.41) is 3.76. The largest absolute Gasteiger partial charge is 0.381 e. The van der Waals surface area contributed by atoms with Gasteiger partial charge in [-0.15, -0.1) is 0 Å². The van der Waals surface area contributed by atoms with Crippen LogP contribution in [0.3, 0.4) is 0 Å². The van der Waals surface area contributed by atoms with Crippen LogP contribution in [0, 0.1) is 31.6 Å². The lowest BCUT2D eigenvalue weighted by molar-refractivity contribution is 0.0654. The number of hydrogen-bond donors (Lipinski definition) is 1. The lowest BCUT2D eigenvalue weighted by Gasteiger charge is -2.25. The lowest BCUT2D eigenvalue weighted by Crippen LogP contribution is -2.36. The van der Waals surface area contributed by atoms with Gasteiger partial charge in [-0.05, 0) is 75.5 Å². The van der Waals surface area contributed by atoms with Gasteiger partial charge >= 0.3 is 0 Å². The average molecular weight is 393 g/mol. The Balaban J connectivity index is 1.34. The van der Waals surface area contributed by atoms with E-state index in [4.69, 9.17) is 4.74 Å².